The number of hydrogen-bond donors (Lipinski definition) is 2. The predicted molar refractivity (Wildman–Crippen MR) is 83.3 cm³/mol. The molecule has 106 valence electrons. The zero-order valence-electron chi connectivity index (χ0n) is 11.5. The van der Waals surface area contributed by atoms with Crippen molar-refractivity contribution >= 4 is 23.2 Å². The molecule has 0 fully saturated rings. The lowest BCUT2D eigenvalue weighted by atomic mass is 10.1. The Balaban J connectivity index is 2.03. The van der Waals surface area contributed by atoms with Crippen molar-refractivity contribution < 1.29 is 4.79 Å². The van der Waals surface area contributed by atoms with Crippen molar-refractivity contribution in [2.24, 2.45) is 0 Å². The molecular weight excluding hydrogens is 286 g/mol. The van der Waals surface area contributed by atoms with Crippen LogP contribution >= 0.6 is 11.6 Å². The van der Waals surface area contributed by atoms with Gasteiger partial charge in [0.1, 0.15) is 0 Å². The largest absolute Gasteiger partial charge is 0.380 e. The third-order valence-corrected chi connectivity index (χ3v) is 3.34. The minimum atomic E-state index is -0.107. The van der Waals surface area contributed by atoms with E-state index in [4.69, 9.17) is 16.9 Å². The van der Waals surface area contributed by atoms with Crippen molar-refractivity contribution in [3.05, 3.63) is 64.2 Å². The Morgan fingerprint density at radius 1 is 1.24 bits per heavy atom. The summed E-state index contributed by atoms with van der Waals surface area (Å²) in [6.45, 7) is 0.583. The highest BCUT2D eigenvalue weighted by Gasteiger charge is 2.04. The average Bonchev–Trinajstić information content (AvgIpc) is 2.53. The van der Waals surface area contributed by atoms with Gasteiger partial charge < -0.3 is 10.6 Å². The van der Waals surface area contributed by atoms with E-state index in [1.807, 2.05) is 18.2 Å². The van der Waals surface area contributed by atoms with E-state index in [-0.39, 0.29) is 5.91 Å². The zero-order valence-corrected chi connectivity index (χ0v) is 12.2. The highest BCUT2D eigenvalue weighted by Crippen LogP contribution is 2.23. The van der Waals surface area contributed by atoms with Gasteiger partial charge >= 0.3 is 0 Å². The maximum atomic E-state index is 11.4. The lowest BCUT2D eigenvalue weighted by molar-refractivity contribution is 0.0963. The first-order valence-corrected chi connectivity index (χ1v) is 6.76. The van der Waals surface area contributed by atoms with E-state index in [2.05, 4.69) is 10.6 Å². The van der Waals surface area contributed by atoms with E-state index < -0.39 is 0 Å². The van der Waals surface area contributed by atoms with Gasteiger partial charge in [0.15, 0.2) is 0 Å². The number of nitriles is 1. The Morgan fingerprint density at radius 2 is 1.95 bits per heavy atom. The fourth-order valence-corrected chi connectivity index (χ4v) is 2.09. The van der Waals surface area contributed by atoms with Crippen molar-refractivity contribution in [1.29, 1.82) is 5.26 Å². The van der Waals surface area contributed by atoms with E-state index >= 15 is 0 Å². The normalized spacial score (nSPS) is 9.76. The quantitative estimate of drug-likeness (QED) is 0.911. The first kappa shape index (κ1) is 14.9. The van der Waals surface area contributed by atoms with Crippen molar-refractivity contribution in [2.75, 3.05) is 12.4 Å². The first-order valence-electron chi connectivity index (χ1n) is 6.38. The molecule has 0 aromatic heterocycles. The SMILES string of the molecule is CNC(=O)c1ccc(CNc2ccc(C#N)cc2Cl)cc1. The molecule has 0 aliphatic carbocycles. The van der Waals surface area contributed by atoms with Crippen LogP contribution in [0.25, 0.3) is 0 Å². The molecule has 0 radical (unpaired) electrons. The molecule has 0 spiro atoms. The van der Waals surface area contributed by atoms with Gasteiger partial charge in [-0.25, -0.2) is 0 Å². The fourth-order valence-electron chi connectivity index (χ4n) is 1.84. The minimum Gasteiger partial charge on any atom is -0.380 e. The number of nitrogens with one attached hydrogen (secondary N) is 2. The number of hydrogen-bond acceptors (Lipinski definition) is 3. The molecule has 2 rings (SSSR count). The summed E-state index contributed by atoms with van der Waals surface area (Å²) in [7, 11) is 1.60. The molecule has 2 N–H and O–H groups in total. The molecule has 0 unspecified atom stereocenters. The number of rotatable bonds is 4. The number of halogens is 1. The Labute approximate surface area is 128 Å². The summed E-state index contributed by atoms with van der Waals surface area (Å²) < 4.78 is 0. The summed E-state index contributed by atoms with van der Waals surface area (Å²) in [6, 6.07) is 14.5. The van der Waals surface area contributed by atoms with Crippen molar-refractivity contribution in [3.8, 4) is 6.07 Å². The van der Waals surface area contributed by atoms with Crippen molar-refractivity contribution in [3.63, 3.8) is 0 Å². The Hall–Kier alpha value is -2.51. The topological polar surface area (TPSA) is 64.9 Å². The first-order chi connectivity index (χ1) is 10.1. The van der Waals surface area contributed by atoms with Gasteiger partial charge in [0.05, 0.1) is 22.3 Å². The molecule has 0 heterocycles. The summed E-state index contributed by atoms with van der Waals surface area (Å²) >= 11 is 6.09. The molecule has 5 heteroatoms. The highest BCUT2D eigenvalue weighted by atomic mass is 35.5. The smallest absolute Gasteiger partial charge is 0.251 e. The van der Waals surface area contributed by atoms with Crippen LogP contribution in [0.1, 0.15) is 21.5 Å². The van der Waals surface area contributed by atoms with Crippen LogP contribution in [0.4, 0.5) is 5.69 Å². The molecular formula is C16H14ClN3O. The van der Waals surface area contributed by atoms with E-state index in [1.165, 1.54) is 0 Å². The van der Waals surface area contributed by atoms with Gasteiger partial charge in [-0.2, -0.15) is 5.26 Å². The van der Waals surface area contributed by atoms with E-state index in [0.717, 1.165) is 11.3 Å². The van der Waals surface area contributed by atoms with Gasteiger partial charge in [0.2, 0.25) is 0 Å². The van der Waals surface area contributed by atoms with Gasteiger partial charge in [-0.3, -0.25) is 4.79 Å². The van der Waals surface area contributed by atoms with Crippen LogP contribution in [0, 0.1) is 11.3 Å². The van der Waals surface area contributed by atoms with Gasteiger partial charge in [0, 0.05) is 19.2 Å². The van der Waals surface area contributed by atoms with Gasteiger partial charge in [0.25, 0.3) is 5.91 Å². The van der Waals surface area contributed by atoms with Crippen LogP contribution in [0.2, 0.25) is 5.02 Å². The van der Waals surface area contributed by atoms with Crippen LogP contribution < -0.4 is 10.6 Å². The molecule has 0 saturated heterocycles. The van der Waals surface area contributed by atoms with Crippen molar-refractivity contribution in [1.82, 2.24) is 5.32 Å². The molecule has 0 atom stereocenters. The second-order valence-electron chi connectivity index (χ2n) is 4.44. The van der Waals surface area contributed by atoms with E-state index in [9.17, 15) is 4.79 Å². The summed E-state index contributed by atoms with van der Waals surface area (Å²) in [6.07, 6.45) is 0. The van der Waals surface area contributed by atoms with Gasteiger partial charge in [-0.15, -0.1) is 0 Å². The summed E-state index contributed by atoms with van der Waals surface area (Å²) in [5.74, 6) is -0.107. The Bertz CT molecular complexity index is 690. The molecule has 0 aliphatic rings. The van der Waals surface area contributed by atoms with Gasteiger partial charge in [-0.1, -0.05) is 23.7 Å². The summed E-state index contributed by atoms with van der Waals surface area (Å²) in [5.41, 5.74) is 2.95. The number of amides is 1. The van der Waals surface area contributed by atoms with Crippen LogP contribution in [0.5, 0.6) is 0 Å². The summed E-state index contributed by atoms with van der Waals surface area (Å²) in [4.78, 5) is 11.4. The van der Waals surface area contributed by atoms with E-state index in [1.54, 1.807) is 37.4 Å². The lowest BCUT2D eigenvalue weighted by Crippen LogP contribution is -2.17. The maximum absolute atomic E-state index is 11.4. The zero-order chi connectivity index (χ0) is 15.2. The van der Waals surface area contributed by atoms with Crippen LogP contribution in [-0.4, -0.2) is 13.0 Å². The molecule has 2 aromatic rings. The molecule has 0 aliphatic heterocycles. The molecule has 2 aromatic carbocycles. The molecule has 4 nitrogen and oxygen atoms in total. The molecule has 1 amide bonds. The van der Waals surface area contributed by atoms with Crippen LogP contribution in [0.15, 0.2) is 42.5 Å². The van der Waals surface area contributed by atoms with Crippen molar-refractivity contribution in [2.45, 2.75) is 6.54 Å². The second kappa shape index (κ2) is 6.78. The number of carbonyl (C=O) groups is 1. The second-order valence-corrected chi connectivity index (χ2v) is 4.84. The Morgan fingerprint density at radius 3 is 2.52 bits per heavy atom. The number of carbonyl (C=O) groups excluding carboxylic acids is 1. The standard InChI is InChI=1S/C16H14ClN3O/c1-19-16(21)13-5-2-11(3-6-13)10-20-15-7-4-12(9-18)8-14(15)17/h2-8,20H,10H2,1H3,(H,19,21). The third kappa shape index (κ3) is 3.74. The number of benzene rings is 2. The fraction of sp³-hybridized carbons (Fsp3) is 0.125. The highest BCUT2D eigenvalue weighted by molar-refractivity contribution is 6.33. The van der Waals surface area contributed by atoms with Crippen LogP contribution in [0.3, 0.4) is 0 Å². The third-order valence-electron chi connectivity index (χ3n) is 3.02. The van der Waals surface area contributed by atoms with E-state index in [0.29, 0.717) is 22.7 Å². The molecule has 0 saturated carbocycles. The monoisotopic (exact) mass is 299 g/mol. The van der Waals surface area contributed by atoms with Gasteiger partial charge in [-0.05, 0) is 35.9 Å². The predicted octanol–water partition coefficient (Wildman–Crippen LogP) is 3.18. The summed E-state index contributed by atoms with van der Waals surface area (Å²) in [5, 5.41) is 15.1. The lowest BCUT2D eigenvalue weighted by Gasteiger charge is -2.09. The maximum Gasteiger partial charge on any atom is 0.251 e. The number of nitrogens with zero attached hydrogens (tertiary/aromatic N) is 1. The minimum absolute atomic E-state index is 0.107. The molecule has 21 heavy (non-hydrogen) atoms. The van der Waals surface area contributed by atoms with Crippen LogP contribution in [-0.2, 0) is 6.54 Å². The average molecular weight is 300 g/mol. The number of anilines is 1. The molecule has 0 bridgehead atoms. The Kier molecular flexibility index (Phi) is 4.81.